The van der Waals surface area contributed by atoms with E-state index < -0.39 is 10.0 Å². The van der Waals surface area contributed by atoms with E-state index in [1.54, 1.807) is 0 Å². The molecule has 0 aromatic carbocycles. The van der Waals surface area contributed by atoms with Gasteiger partial charge < -0.3 is 0 Å². The molecule has 102 valence electrons. The Bertz CT molecular complexity index is 529. The van der Waals surface area contributed by atoms with Gasteiger partial charge in [0.15, 0.2) is 0 Å². The van der Waals surface area contributed by atoms with Crippen molar-refractivity contribution in [1.29, 1.82) is 0 Å². The zero-order valence-corrected chi connectivity index (χ0v) is 13.3. The summed E-state index contributed by atoms with van der Waals surface area (Å²) in [6.45, 7) is 0.967. The van der Waals surface area contributed by atoms with E-state index in [4.69, 9.17) is 34.8 Å². The Kier molecular flexibility index (Phi) is 4.84. The second kappa shape index (κ2) is 5.85. The van der Waals surface area contributed by atoms with Crippen molar-refractivity contribution in [2.24, 2.45) is 5.92 Å². The van der Waals surface area contributed by atoms with Gasteiger partial charge >= 0.3 is 0 Å². The van der Waals surface area contributed by atoms with Gasteiger partial charge in [0.25, 0.3) is 0 Å². The van der Waals surface area contributed by atoms with Crippen molar-refractivity contribution >= 4 is 56.2 Å². The first kappa shape index (κ1) is 14.9. The van der Waals surface area contributed by atoms with Gasteiger partial charge in [-0.25, -0.2) is 8.42 Å². The molecule has 0 radical (unpaired) electrons. The summed E-state index contributed by atoms with van der Waals surface area (Å²) in [6.07, 6.45) is 1.79. The standard InChI is InChI=1S/C10H12Cl3NO2S2/c11-5-7-2-1-3-14(6-7)18(15,16)8-4-9(12)17-10(8)13/h4,7H,1-3,5-6H2. The fourth-order valence-electron chi connectivity index (χ4n) is 2.01. The van der Waals surface area contributed by atoms with Crippen LogP contribution < -0.4 is 0 Å². The molecular weight excluding hydrogens is 337 g/mol. The Morgan fingerprint density at radius 1 is 1.44 bits per heavy atom. The van der Waals surface area contributed by atoms with Crippen molar-refractivity contribution in [3.05, 3.63) is 14.7 Å². The normalized spacial score (nSPS) is 22.3. The Morgan fingerprint density at radius 3 is 2.72 bits per heavy atom. The number of thiophene rings is 1. The lowest BCUT2D eigenvalue weighted by atomic mass is 10.0. The van der Waals surface area contributed by atoms with Gasteiger partial charge in [0.2, 0.25) is 10.0 Å². The number of rotatable bonds is 3. The highest BCUT2D eigenvalue weighted by atomic mass is 35.5. The zero-order valence-electron chi connectivity index (χ0n) is 9.40. The first-order chi connectivity index (χ1) is 8.45. The molecule has 0 aliphatic carbocycles. The quantitative estimate of drug-likeness (QED) is 0.781. The summed E-state index contributed by atoms with van der Waals surface area (Å²) >= 11 is 18.6. The number of piperidine rings is 1. The number of hydrogen-bond donors (Lipinski definition) is 0. The topological polar surface area (TPSA) is 37.4 Å². The monoisotopic (exact) mass is 347 g/mol. The minimum absolute atomic E-state index is 0.106. The van der Waals surface area contributed by atoms with Crippen LogP contribution in [0.1, 0.15) is 12.8 Å². The molecule has 1 atom stereocenters. The molecular formula is C10H12Cl3NO2S2. The maximum atomic E-state index is 12.4. The molecule has 1 fully saturated rings. The molecule has 18 heavy (non-hydrogen) atoms. The predicted octanol–water partition coefficient (Wildman–Crippen LogP) is 3.69. The molecule has 0 saturated carbocycles. The third kappa shape index (κ3) is 2.97. The van der Waals surface area contributed by atoms with E-state index in [0.717, 1.165) is 24.2 Å². The van der Waals surface area contributed by atoms with Crippen LogP contribution in [0, 0.1) is 5.92 Å². The smallest absolute Gasteiger partial charge is 0.207 e. The molecule has 1 aromatic rings. The van der Waals surface area contributed by atoms with Crippen LogP contribution in [-0.4, -0.2) is 31.7 Å². The molecule has 0 spiro atoms. The summed E-state index contributed by atoms with van der Waals surface area (Å²) in [7, 11) is -3.55. The van der Waals surface area contributed by atoms with Crippen LogP contribution in [0.15, 0.2) is 11.0 Å². The minimum atomic E-state index is -3.55. The summed E-state index contributed by atoms with van der Waals surface area (Å²) in [4.78, 5) is 0.106. The lowest BCUT2D eigenvalue weighted by Crippen LogP contribution is -2.40. The number of hydrogen-bond acceptors (Lipinski definition) is 3. The van der Waals surface area contributed by atoms with Gasteiger partial charge in [0.1, 0.15) is 9.23 Å². The van der Waals surface area contributed by atoms with Crippen molar-refractivity contribution in [2.75, 3.05) is 19.0 Å². The molecule has 1 unspecified atom stereocenters. The molecule has 0 N–H and O–H groups in total. The second-order valence-corrected chi connectivity index (χ2v) is 8.71. The van der Waals surface area contributed by atoms with E-state index in [-0.39, 0.29) is 15.1 Å². The first-order valence-corrected chi connectivity index (χ1v) is 9.01. The maximum Gasteiger partial charge on any atom is 0.245 e. The lowest BCUT2D eigenvalue weighted by Gasteiger charge is -2.30. The average Bonchev–Trinajstić information content (AvgIpc) is 2.69. The van der Waals surface area contributed by atoms with Crippen LogP contribution in [0.5, 0.6) is 0 Å². The Hall–Kier alpha value is 0.480. The maximum absolute atomic E-state index is 12.4. The van der Waals surface area contributed by atoms with E-state index in [2.05, 4.69) is 0 Å². The summed E-state index contributed by atoms with van der Waals surface area (Å²) in [5, 5.41) is 0. The Morgan fingerprint density at radius 2 is 2.17 bits per heavy atom. The van der Waals surface area contributed by atoms with Gasteiger partial charge in [0, 0.05) is 19.0 Å². The third-order valence-corrected chi connectivity index (χ3v) is 7.00. The fourth-order valence-corrected chi connectivity index (χ4v) is 5.93. The molecule has 3 nitrogen and oxygen atoms in total. The lowest BCUT2D eigenvalue weighted by molar-refractivity contribution is 0.283. The molecule has 8 heteroatoms. The highest BCUT2D eigenvalue weighted by Gasteiger charge is 2.32. The first-order valence-electron chi connectivity index (χ1n) is 5.46. The summed E-state index contributed by atoms with van der Waals surface area (Å²) in [5.41, 5.74) is 0. The molecule has 2 heterocycles. The Labute approximate surface area is 126 Å². The SMILES string of the molecule is O=S(=O)(c1cc(Cl)sc1Cl)N1CCCC(CCl)C1. The van der Waals surface area contributed by atoms with Gasteiger partial charge in [-0.2, -0.15) is 4.31 Å². The highest BCUT2D eigenvalue weighted by Crippen LogP contribution is 2.36. The summed E-state index contributed by atoms with van der Waals surface area (Å²) in [5.74, 6) is 0.688. The average molecular weight is 349 g/mol. The van der Waals surface area contributed by atoms with Crippen LogP contribution in [0.4, 0.5) is 0 Å². The zero-order chi connectivity index (χ0) is 13.3. The molecule has 0 bridgehead atoms. The van der Waals surface area contributed by atoms with Crippen LogP contribution >= 0.6 is 46.1 Å². The molecule has 0 amide bonds. The number of alkyl halides is 1. The summed E-state index contributed by atoms with van der Waals surface area (Å²) in [6, 6.07) is 1.41. The third-order valence-electron chi connectivity index (χ3n) is 2.94. The van der Waals surface area contributed by atoms with Crippen molar-refractivity contribution in [3.8, 4) is 0 Å². The van der Waals surface area contributed by atoms with Gasteiger partial charge in [-0.05, 0) is 24.8 Å². The molecule has 1 saturated heterocycles. The van der Waals surface area contributed by atoms with Crippen molar-refractivity contribution in [2.45, 2.75) is 17.7 Å². The highest BCUT2D eigenvalue weighted by molar-refractivity contribution is 7.89. The van der Waals surface area contributed by atoms with Crippen molar-refractivity contribution in [3.63, 3.8) is 0 Å². The molecule has 2 rings (SSSR count). The van der Waals surface area contributed by atoms with E-state index in [9.17, 15) is 8.42 Å². The van der Waals surface area contributed by atoms with E-state index >= 15 is 0 Å². The molecule has 1 aliphatic heterocycles. The van der Waals surface area contributed by atoms with Crippen LogP contribution in [0.2, 0.25) is 8.67 Å². The second-order valence-electron chi connectivity index (χ2n) is 4.21. The van der Waals surface area contributed by atoms with E-state index in [1.807, 2.05) is 0 Å². The molecule has 1 aliphatic rings. The van der Waals surface area contributed by atoms with Crippen LogP contribution in [-0.2, 0) is 10.0 Å². The fraction of sp³-hybridized carbons (Fsp3) is 0.600. The van der Waals surface area contributed by atoms with Gasteiger partial charge in [-0.3, -0.25) is 0 Å². The van der Waals surface area contributed by atoms with Gasteiger partial charge in [-0.1, -0.05) is 23.2 Å². The number of sulfonamides is 1. The van der Waals surface area contributed by atoms with Crippen LogP contribution in [0.3, 0.4) is 0 Å². The van der Waals surface area contributed by atoms with Crippen molar-refractivity contribution in [1.82, 2.24) is 4.31 Å². The van der Waals surface area contributed by atoms with E-state index in [0.29, 0.717) is 23.3 Å². The largest absolute Gasteiger partial charge is 0.245 e. The number of halogens is 3. The predicted molar refractivity (Wildman–Crippen MR) is 76.5 cm³/mol. The van der Waals surface area contributed by atoms with Gasteiger partial charge in [-0.15, -0.1) is 22.9 Å². The van der Waals surface area contributed by atoms with E-state index in [1.165, 1.54) is 10.4 Å². The van der Waals surface area contributed by atoms with Crippen molar-refractivity contribution < 1.29 is 8.42 Å². The Balaban J connectivity index is 2.28. The van der Waals surface area contributed by atoms with Gasteiger partial charge in [0.05, 0.1) is 4.34 Å². The summed E-state index contributed by atoms with van der Waals surface area (Å²) < 4.78 is 26.9. The molecule has 1 aromatic heterocycles. The van der Waals surface area contributed by atoms with Crippen LogP contribution in [0.25, 0.3) is 0 Å². The number of nitrogens with zero attached hydrogens (tertiary/aromatic N) is 1. The minimum Gasteiger partial charge on any atom is -0.207 e.